The lowest BCUT2D eigenvalue weighted by Crippen LogP contribution is -2.30. The lowest BCUT2D eigenvalue weighted by atomic mass is 9.87. The molecule has 0 aliphatic heterocycles. The molecule has 0 amide bonds. The summed E-state index contributed by atoms with van der Waals surface area (Å²) in [6.45, 7) is 1.66. The van der Waals surface area contributed by atoms with E-state index in [1.54, 1.807) is 0 Å². The number of benzene rings is 1. The number of aliphatic hydroxyl groups is 1. The van der Waals surface area contributed by atoms with Gasteiger partial charge in [-0.2, -0.15) is 5.26 Å². The van der Waals surface area contributed by atoms with Crippen LogP contribution in [0, 0.1) is 17.2 Å². The van der Waals surface area contributed by atoms with Gasteiger partial charge in [0.2, 0.25) is 0 Å². The van der Waals surface area contributed by atoms with Gasteiger partial charge in [0.05, 0.1) is 18.1 Å². The molecular formula is C16H22N2O. The fraction of sp³-hybridized carbons (Fsp3) is 0.562. The van der Waals surface area contributed by atoms with Crippen molar-refractivity contribution >= 4 is 0 Å². The van der Waals surface area contributed by atoms with E-state index in [2.05, 4.69) is 11.4 Å². The Labute approximate surface area is 115 Å². The molecule has 1 aliphatic rings. The second-order valence-corrected chi connectivity index (χ2v) is 5.43. The van der Waals surface area contributed by atoms with Gasteiger partial charge in [-0.25, -0.2) is 0 Å². The Balaban J connectivity index is 1.74. The zero-order valence-electron chi connectivity index (χ0n) is 11.3. The van der Waals surface area contributed by atoms with Crippen LogP contribution in [0.3, 0.4) is 0 Å². The molecule has 1 aromatic carbocycles. The maximum Gasteiger partial charge on any atom is 0.0837 e. The van der Waals surface area contributed by atoms with E-state index in [0.717, 1.165) is 37.8 Å². The molecule has 2 N–H and O–H groups in total. The summed E-state index contributed by atoms with van der Waals surface area (Å²) in [5.74, 6) is 0.578. The number of nitrogens with one attached hydrogen (secondary N) is 1. The lowest BCUT2D eigenvalue weighted by molar-refractivity contribution is 0.108. The molecule has 0 aromatic heterocycles. The monoisotopic (exact) mass is 258 g/mol. The van der Waals surface area contributed by atoms with Crippen LogP contribution in [-0.4, -0.2) is 24.3 Å². The summed E-state index contributed by atoms with van der Waals surface area (Å²) in [7, 11) is 0. The predicted molar refractivity (Wildman–Crippen MR) is 75.6 cm³/mol. The first-order valence-electron chi connectivity index (χ1n) is 7.13. The molecule has 1 aromatic rings. The van der Waals surface area contributed by atoms with Crippen LogP contribution in [-0.2, 0) is 0 Å². The average Bonchev–Trinajstić information content (AvgIpc) is 2.46. The topological polar surface area (TPSA) is 56.0 Å². The highest BCUT2D eigenvalue weighted by molar-refractivity contribution is 5.24. The zero-order valence-corrected chi connectivity index (χ0v) is 11.3. The molecular weight excluding hydrogens is 236 g/mol. The number of aliphatic hydroxyl groups excluding tert-OH is 1. The summed E-state index contributed by atoms with van der Waals surface area (Å²) in [4.78, 5) is 0. The molecule has 3 heteroatoms. The fourth-order valence-electron chi connectivity index (χ4n) is 2.70. The molecule has 102 valence electrons. The van der Waals surface area contributed by atoms with Crippen molar-refractivity contribution < 1.29 is 5.11 Å². The number of hydrogen-bond acceptors (Lipinski definition) is 3. The quantitative estimate of drug-likeness (QED) is 0.853. The van der Waals surface area contributed by atoms with Crippen LogP contribution in [0.4, 0.5) is 0 Å². The molecule has 0 bridgehead atoms. The van der Waals surface area contributed by atoms with Crippen molar-refractivity contribution in [3.63, 3.8) is 0 Å². The summed E-state index contributed by atoms with van der Waals surface area (Å²) >= 11 is 0. The van der Waals surface area contributed by atoms with Crippen molar-refractivity contribution in [1.82, 2.24) is 5.32 Å². The fourth-order valence-corrected chi connectivity index (χ4v) is 2.70. The highest BCUT2D eigenvalue weighted by Crippen LogP contribution is 2.23. The minimum Gasteiger partial charge on any atom is -0.393 e. The molecule has 1 atom stereocenters. The molecule has 1 unspecified atom stereocenters. The van der Waals surface area contributed by atoms with E-state index in [1.807, 2.05) is 30.3 Å². The third-order valence-electron chi connectivity index (χ3n) is 3.96. The minimum absolute atomic E-state index is 0.0737. The van der Waals surface area contributed by atoms with Gasteiger partial charge < -0.3 is 10.4 Å². The van der Waals surface area contributed by atoms with Crippen LogP contribution in [0.25, 0.3) is 0 Å². The van der Waals surface area contributed by atoms with E-state index >= 15 is 0 Å². The van der Waals surface area contributed by atoms with E-state index in [9.17, 15) is 10.4 Å². The molecule has 2 rings (SSSR count). The normalized spacial score (nSPS) is 24.6. The number of rotatable bonds is 5. The van der Waals surface area contributed by atoms with Crippen molar-refractivity contribution in [2.75, 3.05) is 13.1 Å². The Hall–Kier alpha value is -1.37. The molecule has 3 nitrogen and oxygen atoms in total. The first-order chi connectivity index (χ1) is 9.29. The molecule has 1 fully saturated rings. The predicted octanol–water partition coefficient (Wildman–Crippen LogP) is 2.43. The first kappa shape index (κ1) is 14.0. The van der Waals surface area contributed by atoms with Gasteiger partial charge in [0, 0.05) is 6.54 Å². The second-order valence-electron chi connectivity index (χ2n) is 5.43. The third-order valence-corrected chi connectivity index (χ3v) is 3.96. The van der Waals surface area contributed by atoms with Gasteiger partial charge in [-0.05, 0) is 43.7 Å². The van der Waals surface area contributed by atoms with Crippen LogP contribution in [0.5, 0.6) is 0 Å². The Bertz CT molecular complexity index is 405. The van der Waals surface area contributed by atoms with E-state index < -0.39 is 0 Å². The molecule has 0 radical (unpaired) electrons. The number of nitrogens with zero attached hydrogens (tertiary/aromatic N) is 1. The van der Waals surface area contributed by atoms with E-state index in [1.165, 1.54) is 0 Å². The van der Waals surface area contributed by atoms with Crippen molar-refractivity contribution in [1.29, 1.82) is 5.26 Å². The Kier molecular flexibility index (Phi) is 5.38. The molecule has 1 saturated carbocycles. The average molecular weight is 258 g/mol. The van der Waals surface area contributed by atoms with Crippen LogP contribution in [0.15, 0.2) is 30.3 Å². The highest BCUT2D eigenvalue weighted by atomic mass is 16.3. The molecule has 0 spiro atoms. The van der Waals surface area contributed by atoms with Crippen LogP contribution >= 0.6 is 0 Å². The van der Waals surface area contributed by atoms with Gasteiger partial charge in [-0.15, -0.1) is 0 Å². The smallest absolute Gasteiger partial charge is 0.0837 e. The van der Waals surface area contributed by atoms with Gasteiger partial charge in [0.25, 0.3) is 0 Å². The maximum atomic E-state index is 9.46. The van der Waals surface area contributed by atoms with Gasteiger partial charge in [-0.3, -0.25) is 0 Å². The van der Waals surface area contributed by atoms with Gasteiger partial charge in [-0.1, -0.05) is 30.3 Å². The summed E-state index contributed by atoms with van der Waals surface area (Å²) < 4.78 is 0. The van der Waals surface area contributed by atoms with Crippen LogP contribution in [0.2, 0.25) is 0 Å². The molecule has 1 aliphatic carbocycles. The number of nitriles is 1. The van der Waals surface area contributed by atoms with E-state index in [4.69, 9.17) is 0 Å². The summed E-state index contributed by atoms with van der Waals surface area (Å²) in [5.41, 5.74) is 1.08. The summed E-state index contributed by atoms with van der Waals surface area (Å²) in [6, 6.07) is 12.3. The SMILES string of the molecule is N#CC(CNCC1CCC(O)CC1)c1ccccc1. The van der Waals surface area contributed by atoms with E-state index in [0.29, 0.717) is 12.5 Å². The standard InChI is InChI=1S/C16H22N2O/c17-10-15(14-4-2-1-3-5-14)12-18-11-13-6-8-16(19)9-7-13/h1-5,13,15-16,18-19H,6-9,11-12H2. The largest absolute Gasteiger partial charge is 0.393 e. The molecule has 0 heterocycles. The second kappa shape index (κ2) is 7.28. The Morgan fingerprint density at radius 2 is 1.89 bits per heavy atom. The Morgan fingerprint density at radius 1 is 1.21 bits per heavy atom. The van der Waals surface area contributed by atoms with Gasteiger partial charge in [0.15, 0.2) is 0 Å². The van der Waals surface area contributed by atoms with Gasteiger partial charge >= 0.3 is 0 Å². The van der Waals surface area contributed by atoms with Crippen molar-refractivity contribution in [3.05, 3.63) is 35.9 Å². The molecule has 0 saturated heterocycles. The molecule has 19 heavy (non-hydrogen) atoms. The summed E-state index contributed by atoms with van der Waals surface area (Å²) in [6.07, 6.45) is 3.94. The summed E-state index contributed by atoms with van der Waals surface area (Å²) in [5, 5.41) is 22.1. The minimum atomic E-state index is -0.0903. The van der Waals surface area contributed by atoms with Crippen molar-refractivity contribution in [3.8, 4) is 6.07 Å². The van der Waals surface area contributed by atoms with Crippen LogP contribution < -0.4 is 5.32 Å². The lowest BCUT2D eigenvalue weighted by Gasteiger charge is -2.25. The van der Waals surface area contributed by atoms with Gasteiger partial charge in [0.1, 0.15) is 0 Å². The number of hydrogen-bond donors (Lipinski definition) is 2. The van der Waals surface area contributed by atoms with Crippen LogP contribution in [0.1, 0.15) is 37.2 Å². The highest BCUT2D eigenvalue weighted by Gasteiger charge is 2.19. The zero-order chi connectivity index (χ0) is 13.5. The maximum absolute atomic E-state index is 9.46. The van der Waals surface area contributed by atoms with Crippen molar-refractivity contribution in [2.45, 2.75) is 37.7 Å². The van der Waals surface area contributed by atoms with Crippen molar-refractivity contribution in [2.24, 2.45) is 5.92 Å². The third kappa shape index (κ3) is 4.34. The first-order valence-corrected chi connectivity index (χ1v) is 7.13. The Morgan fingerprint density at radius 3 is 2.53 bits per heavy atom. The van der Waals surface area contributed by atoms with E-state index in [-0.39, 0.29) is 12.0 Å².